The number of carbonyl (C=O) groups excluding carboxylic acids is 1. The molecule has 3 fully saturated rings. The van der Waals surface area contributed by atoms with Crippen LogP contribution in [0.15, 0.2) is 18.2 Å². The lowest BCUT2D eigenvalue weighted by atomic mass is 9.70. The van der Waals surface area contributed by atoms with Crippen molar-refractivity contribution in [2.45, 2.75) is 76.6 Å². The van der Waals surface area contributed by atoms with Crippen LogP contribution in [0.25, 0.3) is 0 Å². The minimum absolute atomic E-state index is 0.0157. The number of carbonyl (C=O) groups is 1. The zero-order valence-corrected chi connectivity index (χ0v) is 18.2. The molecule has 0 N–H and O–H groups in total. The smallest absolute Gasteiger partial charge is 0.338 e. The van der Waals surface area contributed by atoms with Crippen LogP contribution in [0.1, 0.15) is 74.6 Å². The zero-order valence-electron chi connectivity index (χ0n) is 17.5. The summed E-state index contributed by atoms with van der Waals surface area (Å²) in [4.78, 5) is 12.3. The fraction of sp³-hybridized carbons (Fsp3) is 0.708. The van der Waals surface area contributed by atoms with E-state index in [4.69, 9.17) is 25.8 Å². The highest BCUT2D eigenvalue weighted by molar-refractivity contribution is 6.30. The number of hydrogen-bond acceptors (Lipinski definition) is 4. The highest BCUT2D eigenvalue weighted by Gasteiger charge is 2.32. The van der Waals surface area contributed by atoms with Gasteiger partial charge in [0.05, 0.1) is 23.8 Å². The predicted molar refractivity (Wildman–Crippen MR) is 113 cm³/mol. The van der Waals surface area contributed by atoms with Gasteiger partial charge in [0.25, 0.3) is 0 Å². The van der Waals surface area contributed by atoms with Crippen molar-refractivity contribution in [2.24, 2.45) is 17.8 Å². The number of ether oxygens (including phenoxy) is 3. The second kappa shape index (κ2) is 10.4. The average molecular weight is 439 g/mol. The largest absolute Gasteiger partial charge is 0.459 e. The molecule has 1 aliphatic heterocycles. The Labute approximate surface area is 183 Å². The molecule has 2 aliphatic carbocycles. The third-order valence-electron chi connectivity index (χ3n) is 7.21. The molecule has 4 nitrogen and oxygen atoms in total. The van der Waals surface area contributed by atoms with Gasteiger partial charge in [0, 0.05) is 0 Å². The molecule has 0 spiro atoms. The second-order valence-corrected chi connectivity index (χ2v) is 9.51. The number of halogens is 2. The van der Waals surface area contributed by atoms with E-state index in [-0.39, 0.29) is 23.0 Å². The summed E-state index contributed by atoms with van der Waals surface area (Å²) in [6.45, 7) is 1.48. The summed E-state index contributed by atoms with van der Waals surface area (Å²) >= 11 is 5.68. The Morgan fingerprint density at radius 3 is 2.23 bits per heavy atom. The maximum Gasteiger partial charge on any atom is 0.338 e. The molecule has 4 rings (SSSR count). The molecule has 0 aromatic heterocycles. The summed E-state index contributed by atoms with van der Waals surface area (Å²) in [6, 6.07) is 4.07. The van der Waals surface area contributed by atoms with E-state index in [0.29, 0.717) is 0 Å². The summed E-state index contributed by atoms with van der Waals surface area (Å²) < 4.78 is 30.3. The van der Waals surface area contributed by atoms with Crippen molar-refractivity contribution in [3.63, 3.8) is 0 Å². The first-order valence-corrected chi connectivity index (χ1v) is 11.9. The number of rotatable bonds is 6. The van der Waals surface area contributed by atoms with Crippen LogP contribution >= 0.6 is 11.6 Å². The first kappa shape index (κ1) is 22.0. The highest BCUT2D eigenvalue weighted by atomic mass is 35.5. The summed E-state index contributed by atoms with van der Waals surface area (Å²) in [5.74, 6) is 1.32. The minimum Gasteiger partial charge on any atom is -0.459 e. The van der Waals surface area contributed by atoms with Gasteiger partial charge in [0.15, 0.2) is 6.29 Å². The third kappa shape index (κ3) is 5.74. The van der Waals surface area contributed by atoms with Gasteiger partial charge in [-0.1, -0.05) is 24.4 Å². The van der Waals surface area contributed by atoms with Crippen molar-refractivity contribution < 1.29 is 23.4 Å². The van der Waals surface area contributed by atoms with Crippen molar-refractivity contribution in [2.75, 3.05) is 13.2 Å². The van der Waals surface area contributed by atoms with E-state index in [1.165, 1.54) is 44.2 Å². The monoisotopic (exact) mass is 438 g/mol. The van der Waals surface area contributed by atoms with Gasteiger partial charge in [-0.05, 0) is 87.3 Å². The van der Waals surface area contributed by atoms with E-state index in [1.54, 1.807) is 0 Å². The zero-order chi connectivity index (χ0) is 20.9. The van der Waals surface area contributed by atoms with Gasteiger partial charge in [0.1, 0.15) is 11.9 Å². The van der Waals surface area contributed by atoms with Gasteiger partial charge in [-0.25, -0.2) is 9.18 Å². The molecular formula is C24H32ClFO4. The van der Waals surface area contributed by atoms with Gasteiger partial charge in [-0.2, -0.15) is 0 Å². The maximum absolute atomic E-state index is 13.6. The first-order chi connectivity index (χ1) is 14.6. The fourth-order valence-corrected chi connectivity index (χ4v) is 5.53. The Balaban J connectivity index is 1.16. The molecule has 0 atom stereocenters. The molecular weight excluding hydrogens is 407 g/mol. The predicted octanol–water partition coefficient (Wildman–Crippen LogP) is 6.15. The molecule has 30 heavy (non-hydrogen) atoms. The van der Waals surface area contributed by atoms with E-state index in [1.807, 2.05) is 0 Å². The lowest BCUT2D eigenvalue weighted by molar-refractivity contribution is -0.0515. The Morgan fingerprint density at radius 1 is 0.967 bits per heavy atom. The van der Waals surface area contributed by atoms with Crippen molar-refractivity contribution in [3.05, 3.63) is 34.6 Å². The fourth-order valence-electron chi connectivity index (χ4n) is 5.41. The summed E-state index contributed by atoms with van der Waals surface area (Å²) in [7, 11) is 0. The second-order valence-electron chi connectivity index (χ2n) is 9.10. The average Bonchev–Trinajstić information content (AvgIpc) is 3.29. The summed E-state index contributed by atoms with van der Waals surface area (Å²) in [6.07, 6.45) is 11.5. The first-order valence-electron chi connectivity index (χ1n) is 11.5. The van der Waals surface area contributed by atoms with Gasteiger partial charge in [-0.15, -0.1) is 0 Å². The van der Waals surface area contributed by atoms with Crippen LogP contribution < -0.4 is 0 Å². The SMILES string of the molecule is O=C(OC1CCC([C@H]2CC[C@H](CCC3OCCO3)CC2)CC1)c1ccc(Cl)c(F)c1. The topological polar surface area (TPSA) is 44.8 Å². The van der Waals surface area contributed by atoms with Crippen LogP contribution in [0, 0.1) is 23.6 Å². The van der Waals surface area contributed by atoms with E-state index < -0.39 is 11.8 Å². The molecule has 0 amide bonds. The molecule has 1 heterocycles. The molecule has 166 valence electrons. The quantitative estimate of drug-likeness (QED) is 0.499. The highest BCUT2D eigenvalue weighted by Crippen LogP contribution is 2.41. The number of hydrogen-bond donors (Lipinski definition) is 0. The Morgan fingerprint density at radius 2 is 1.60 bits per heavy atom. The van der Waals surface area contributed by atoms with Gasteiger partial charge < -0.3 is 14.2 Å². The molecule has 1 aromatic rings. The van der Waals surface area contributed by atoms with E-state index in [9.17, 15) is 9.18 Å². The normalized spacial score (nSPS) is 30.3. The van der Waals surface area contributed by atoms with E-state index in [2.05, 4.69) is 0 Å². The maximum atomic E-state index is 13.6. The van der Waals surface area contributed by atoms with Gasteiger partial charge in [0.2, 0.25) is 0 Å². The standard InChI is InChI=1S/C24H32ClFO4/c25-21-11-8-19(15-22(21)26)24(27)30-20-9-6-18(7-10-20)17-4-1-16(2-5-17)3-12-23-28-13-14-29-23/h8,11,15-18,20,23H,1-7,9-10,12-14H2/t16-,17-,18?,20?. The van der Waals surface area contributed by atoms with Gasteiger partial charge in [-0.3, -0.25) is 0 Å². The van der Waals surface area contributed by atoms with Crippen LogP contribution in [-0.2, 0) is 14.2 Å². The van der Waals surface area contributed by atoms with Crippen LogP contribution in [-0.4, -0.2) is 31.6 Å². The summed E-state index contributed by atoms with van der Waals surface area (Å²) in [5, 5.41) is 0.0157. The molecule has 2 saturated carbocycles. The Hall–Kier alpha value is -1.17. The van der Waals surface area contributed by atoms with Crippen LogP contribution in [0.3, 0.4) is 0 Å². The molecule has 0 bridgehead atoms. The molecule has 6 heteroatoms. The van der Waals surface area contributed by atoms with Gasteiger partial charge >= 0.3 is 5.97 Å². The molecule has 3 aliphatic rings. The lowest BCUT2D eigenvalue weighted by Gasteiger charge is -2.37. The summed E-state index contributed by atoms with van der Waals surface area (Å²) in [5.41, 5.74) is 0.228. The lowest BCUT2D eigenvalue weighted by Crippen LogP contribution is -2.30. The van der Waals surface area contributed by atoms with Crippen LogP contribution in [0.2, 0.25) is 5.02 Å². The van der Waals surface area contributed by atoms with Crippen molar-refractivity contribution in [1.29, 1.82) is 0 Å². The van der Waals surface area contributed by atoms with E-state index >= 15 is 0 Å². The Bertz CT molecular complexity index is 705. The third-order valence-corrected chi connectivity index (χ3v) is 7.51. The van der Waals surface area contributed by atoms with Crippen LogP contribution in [0.4, 0.5) is 4.39 Å². The molecule has 0 unspecified atom stereocenters. The molecule has 0 radical (unpaired) electrons. The minimum atomic E-state index is -0.589. The van der Waals surface area contributed by atoms with Crippen molar-refractivity contribution in [1.82, 2.24) is 0 Å². The van der Waals surface area contributed by atoms with E-state index in [0.717, 1.165) is 69.1 Å². The Kier molecular flexibility index (Phi) is 7.66. The van der Waals surface area contributed by atoms with Crippen molar-refractivity contribution >= 4 is 17.6 Å². The molecule has 1 saturated heterocycles. The number of benzene rings is 1. The van der Waals surface area contributed by atoms with Crippen molar-refractivity contribution in [3.8, 4) is 0 Å². The molecule has 1 aromatic carbocycles. The number of esters is 1. The van der Waals surface area contributed by atoms with Crippen LogP contribution in [0.5, 0.6) is 0 Å².